The molecule has 2 nitrogen and oxygen atoms in total. The van der Waals surface area contributed by atoms with E-state index in [0.717, 1.165) is 6.42 Å². The van der Waals surface area contributed by atoms with Gasteiger partial charge < -0.3 is 4.74 Å². The molecule has 3 aliphatic rings. The van der Waals surface area contributed by atoms with Crippen LogP contribution in [0.1, 0.15) is 84.0 Å². The van der Waals surface area contributed by atoms with Gasteiger partial charge >= 0.3 is 5.97 Å². The van der Waals surface area contributed by atoms with E-state index in [1.807, 2.05) is 0 Å². The van der Waals surface area contributed by atoms with Crippen molar-refractivity contribution in [2.24, 2.45) is 11.3 Å². The van der Waals surface area contributed by atoms with Gasteiger partial charge in [0.25, 0.3) is 0 Å². The Morgan fingerprint density at radius 3 is 2.00 bits per heavy atom. The zero-order valence-corrected chi connectivity index (χ0v) is 13.6. The van der Waals surface area contributed by atoms with Gasteiger partial charge in [0, 0.05) is 11.0 Å². The van der Waals surface area contributed by atoms with Crippen LogP contribution in [0.3, 0.4) is 0 Å². The summed E-state index contributed by atoms with van der Waals surface area (Å²) >= 11 is 0. The largest absolute Gasteiger partial charge is 0.455 e. The van der Waals surface area contributed by atoms with Crippen LogP contribution in [0.5, 0.6) is 0 Å². The first kappa shape index (κ1) is 15.1. The number of hydrogen-bond acceptors (Lipinski definition) is 2. The second-order valence-corrected chi connectivity index (χ2v) is 7.74. The molecule has 3 fully saturated rings. The zero-order valence-electron chi connectivity index (χ0n) is 13.6. The van der Waals surface area contributed by atoms with E-state index < -0.39 is 0 Å². The molecule has 1 atom stereocenters. The molecule has 3 rings (SSSR count). The summed E-state index contributed by atoms with van der Waals surface area (Å²) in [6.45, 7) is 5.61. The predicted octanol–water partition coefficient (Wildman–Crippen LogP) is 5.17. The first-order valence-electron chi connectivity index (χ1n) is 8.99. The highest BCUT2D eigenvalue weighted by molar-refractivity contribution is 5.87. The fourth-order valence-corrected chi connectivity index (χ4v) is 5.58. The van der Waals surface area contributed by atoms with Gasteiger partial charge in [0.15, 0.2) is 0 Å². The highest BCUT2D eigenvalue weighted by atomic mass is 16.6. The molecule has 2 heteroatoms. The monoisotopic (exact) mass is 290 g/mol. The molecule has 0 aliphatic heterocycles. The van der Waals surface area contributed by atoms with Crippen molar-refractivity contribution in [3.63, 3.8) is 0 Å². The molecule has 3 aliphatic carbocycles. The first-order valence-corrected chi connectivity index (χ1v) is 8.99. The van der Waals surface area contributed by atoms with Crippen LogP contribution >= 0.6 is 0 Å². The van der Waals surface area contributed by atoms with Gasteiger partial charge in [-0.25, -0.2) is 4.79 Å². The Kier molecular flexibility index (Phi) is 4.16. The van der Waals surface area contributed by atoms with Crippen molar-refractivity contribution >= 4 is 5.97 Å². The van der Waals surface area contributed by atoms with Gasteiger partial charge in [0.2, 0.25) is 0 Å². The molecule has 1 spiro atoms. The topological polar surface area (TPSA) is 26.3 Å². The maximum Gasteiger partial charge on any atom is 0.333 e. The molecule has 0 aromatic heterocycles. The molecule has 3 saturated carbocycles. The van der Waals surface area contributed by atoms with Gasteiger partial charge in [-0.05, 0) is 57.8 Å². The number of hydrogen-bond donors (Lipinski definition) is 0. The lowest BCUT2D eigenvalue weighted by atomic mass is 9.56. The Balaban J connectivity index is 1.96. The fraction of sp³-hybridized carbons (Fsp3) is 0.842. The molecule has 0 saturated heterocycles. The highest BCUT2D eigenvalue weighted by Gasteiger charge is 2.60. The van der Waals surface area contributed by atoms with E-state index in [1.54, 1.807) is 6.92 Å². The average molecular weight is 290 g/mol. The first-order chi connectivity index (χ1) is 10.1. The maximum absolute atomic E-state index is 12.4. The van der Waals surface area contributed by atoms with E-state index >= 15 is 0 Å². The summed E-state index contributed by atoms with van der Waals surface area (Å²) in [5.41, 5.74) is 0.672. The van der Waals surface area contributed by atoms with Gasteiger partial charge in [-0.1, -0.05) is 38.7 Å². The van der Waals surface area contributed by atoms with Crippen molar-refractivity contribution in [2.75, 3.05) is 0 Å². The van der Waals surface area contributed by atoms with Crippen molar-refractivity contribution in [1.82, 2.24) is 0 Å². The molecule has 118 valence electrons. The van der Waals surface area contributed by atoms with Crippen molar-refractivity contribution in [3.8, 4) is 0 Å². The van der Waals surface area contributed by atoms with Crippen molar-refractivity contribution < 1.29 is 9.53 Å². The van der Waals surface area contributed by atoms with E-state index in [-0.39, 0.29) is 17.0 Å². The minimum Gasteiger partial charge on any atom is -0.455 e. The molecule has 0 aromatic carbocycles. The van der Waals surface area contributed by atoms with Crippen LogP contribution in [0.2, 0.25) is 0 Å². The van der Waals surface area contributed by atoms with E-state index in [1.165, 1.54) is 70.6 Å². The molecular weight excluding hydrogens is 260 g/mol. The van der Waals surface area contributed by atoms with Gasteiger partial charge in [-0.3, -0.25) is 0 Å². The Morgan fingerprint density at radius 2 is 1.48 bits per heavy atom. The molecule has 0 aromatic rings. The van der Waals surface area contributed by atoms with E-state index in [0.29, 0.717) is 11.5 Å². The van der Waals surface area contributed by atoms with Crippen LogP contribution in [0.25, 0.3) is 0 Å². The molecular formula is C19H30O2. The lowest BCUT2D eigenvalue weighted by molar-refractivity contribution is -0.198. The third kappa shape index (κ3) is 2.45. The minimum atomic E-state index is -0.172. The van der Waals surface area contributed by atoms with Crippen LogP contribution in [-0.2, 0) is 9.53 Å². The van der Waals surface area contributed by atoms with Crippen LogP contribution in [-0.4, -0.2) is 11.6 Å². The zero-order chi connectivity index (χ0) is 14.9. The Labute approximate surface area is 129 Å². The predicted molar refractivity (Wildman–Crippen MR) is 85.0 cm³/mol. The summed E-state index contributed by atoms with van der Waals surface area (Å²) in [5.74, 6) is 0.453. The lowest BCUT2D eigenvalue weighted by Crippen LogP contribution is -2.56. The van der Waals surface area contributed by atoms with Gasteiger partial charge in [-0.2, -0.15) is 0 Å². The van der Waals surface area contributed by atoms with Crippen LogP contribution < -0.4 is 0 Å². The highest BCUT2D eigenvalue weighted by Crippen LogP contribution is 2.61. The van der Waals surface area contributed by atoms with Gasteiger partial charge in [0.1, 0.15) is 5.60 Å². The third-order valence-electron chi connectivity index (χ3n) is 6.55. The number of esters is 1. The van der Waals surface area contributed by atoms with Crippen LogP contribution in [0.15, 0.2) is 12.2 Å². The summed E-state index contributed by atoms with van der Waals surface area (Å²) in [4.78, 5) is 12.4. The van der Waals surface area contributed by atoms with Crippen LogP contribution in [0.4, 0.5) is 0 Å². The molecule has 0 bridgehead atoms. The molecule has 0 N–H and O–H groups in total. The average Bonchev–Trinajstić information content (AvgIpc) is 3.14. The Hall–Kier alpha value is -0.790. The summed E-state index contributed by atoms with van der Waals surface area (Å²) in [7, 11) is 0. The summed E-state index contributed by atoms with van der Waals surface area (Å²) < 4.78 is 6.32. The van der Waals surface area contributed by atoms with Gasteiger partial charge in [0.05, 0.1) is 0 Å². The number of rotatable bonds is 3. The quantitative estimate of drug-likeness (QED) is 0.529. The number of ether oxygens (including phenoxy) is 1. The normalized spacial score (nSPS) is 32.4. The summed E-state index contributed by atoms with van der Waals surface area (Å²) in [5, 5.41) is 0. The minimum absolute atomic E-state index is 0.143. The Bertz CT molecular complexity index is 413. The second kappa shape index (κ2) is 5.78. The lowest BCUT2D eigenvalue weighted by Gasteiger charge is -2.54. The third-order valence-corrected chi connectivity index (χ3v) is 6.55. The summed E-state index contributed by atoms with van der Waals surface area (Å²) in [6.07, 6.45) is 15.2. The van der Waals surface area contributed by atoms with E-state index in [4.69, 9.17) is 4.74 Å². The molecule has 0 amide bonds. The molecule has 0 radical (unpaired) electrons. The maximum atomic E-state index is 12.4. The van der Waals surface area contributed by atoms with Crippen LogP contribution in [0, 0.1) is 11.3 Å². The fourth-order valence-electron chi connectivity index (χ4n) is 5.58. The van der Waals surface area contributed by atoms with Crippen molar-refractivity contribution in [1.29, 1.82) is 0 Å². The van der Waals surface area contributed by atoms with Gasteiger partial charge in [-0.15, -0.1) is 0 Å². The van der Waals surface area contributed by atoms with Crippen molar-refractivity contribution in [2.45, 2.75) is 89.6 Å². The Morgan fingerprint density at radius 1 is 0.952 bits per heavy atom. The van der Waals surface area contributed by atoms with Crippen molar-refractivity contribution in [3.05, 3.63) is 12.2 Å². The second-order valence-electron chi connectivity index (χ2n) is 7.74. The summed E-state index contributed by atoms with van der Waals surface area (Å²) in [6, 6.07) is 0. The number of carbonyl (C=O) groups excluding carboxylic acids is 1. The molecule has 1 unspecified atom stereocenters. The molecule has 0 heterocycles. The standard InChI is InChI=1S/C19H30O2/c1-15(2)17(20)21-19(16-9-3-4-10-16)14-8-7-13-18(19)11-5-6-12-18/h16H,1,3-14H2,2H3. The van der Waals surface area contributed by atoms with E-state index in [9.17, 15) is 4.79 Å². The number of carbonyl (C=O) groups is 1. The SMILES string of the molecule is C=C(C)C(=O)OC1(C2CCCC2)CCCCC12CCCC2. The smallest absolute Gasteiger partial charge is 0.333 e. The van der Waals surface area contributed by atoms with E-state index in [2.05, 4.69) is 6.58 Å². The molecule has 21 heavy (non-hydrogen) atoms.